The summed E-state index contributed by atoms with van der Waals surface area (Å²) in [5.74, 6) is 4.96. The van der Waals surface area contributed by atoms with Gasteiger partial charge in [0.1, 0.15) is 12.3 Å². The molecule has 0 saturated carbocycles. The largest absolute Gasteiger partial charge is 0.343 e. The minimum atomic E-state index is -0.967. The number of aromatic nitrogens is 1. The molecule has 3 N–H and O–H groups in total. The van der Waals surface area contributed by atoms with Crippen LogP contribution in [-0.4, -0.2) is 71.3 Å². The van der Waals surface area contributed by atoms with E-state index in [1.54, 1.807) is 24.6 Å². The SMILES string of the molecule is C=CCN(N)CC(=O)N[C@@H](C/C(C=NC=O)=C/C)C(=O)N(CCC=O)Cc1cccc2scnc12. The van der Waals surface area contributed by atoms with Crippen molar-refractivity contribution in [3.63, 3.8) is 0 Å². The summed E-state index contributed by atoms with van der Waals surface area (Å²) in [6.45, 7) is 5.87. The molecule has 2 rings (SSSR count). The summed E-state index contributed by atoms with van der Waals surface area (Å²) in [5.41, 5.74) is 3.95. The van der Waals surface area contributed by atoms with E-state index in [4.69, 9.17) is 5.84 Å². The van der Waals surface area contributed by atoms with Crippen molar-refractivity contribution in [2.24, 2.45) is 10.8 Å². The third-order valence-corrected chi connectivity index (χ3v) is 5.88. The number of thiazole rings is 1. The van der Waals surface area contributed by atoms with Gasteiger partial charge in [-0.2, -0.15) is 0 Å². The van der Waals surface area contributed by atoms with Crippen molar-refractivity contribution in [2.45, 2.75) is 32.4 Å². The number of hydrogen-bond donors (Lipinski definition) is 2. The molecular weight excluding hydrogens is 468 g/mol. The van der Waals surface area contributed by atoms with Crippen molar-refractivity contribution >= 4 is 52.3 Å². The Hall–Kier alpha value is -3.54. The lowest BCUT2D eigenvalue weighted by Gasteiger charge is -2.28. The zero-order chi connectivity index (χ0) is 25.6. The van der Waals surface area contributed by atoms with Crippen LogP contribution in [0.3, 0.4) is 0 Å². The third-order valence-electron chi connectivity index (χ3n) is 5.09. The molecular formula is C24H30N6O4S. The van der Waals surface area contributed by atoms with Crippen LogP contribution < -0.4 is 11.2 Å². The van der Waals surface area contributed by atoms with Crippen molar-refractivity contribution in [1.29, 1.82) is 0 Å². The first-order valence-corrected chi connectivity index (χ1v) is 11.9. The van der Waals surface area contributed by atoms with E-state index in [0.717, 1.165) is 22.1 Å². The van der Waals surface area contributed by atoms with E-state index in [2.05, 4.69) is 21.9 Å². The number of nitrogens with two attached hydrogens (primary N) is 1. The van der Waals surface area contributed by atoms with Crippen molar-refractivity contribution in [2.75, 3.05) is 19.6 Å². The van der Waals surface area contributed by atoms with Gasteiger partial charge in [0.05, 0.1) is 22.3 Å². The van der Waals surface area contributed by atoms with Crippen LogP contribution in [0.4, 0.5) is 0 Å². The molecule has 10 nitrogen and oxygen atoms in total. The predicted octanol–water partition coefficient (Wildman–Crippen LogP) is 1.62. The van der Waals surface area contributed by atoms with Crippen LogP contribution in [-0.2, 0) is 25.7 Å². The summed E-state index contributed by atoms with van der Waals surface area (Å²) >= 11 is 1.50. The molecule has 0 aliphatic carbocycles. The molecule has 11 heteroatoms. The molecule has 2 aromatic rings. The smallest absolute Gasteiger partial charge is 0.245 e. The quantitative estimate of drug-likeness (QED) is 0.125. The van der Waals surface area contributed by atoms with Crippen LogP contribution >= 0.6 is 11.3 Å². The van der Waals surface area contributed by atoms with Gasteiger partial charge in [-0.25, -0.2) is 15.0 Å². The highest BCUT2D eigenvalue weighted by atomic mass is 32.1. The lowest BCUT2D eigenvalue weighted by molar-refractivity contribution is -0.137. The first-order valence-electron chi connectivity index (χ1n) is 11.0. The molecule has 0 aliphatic heterocycles. The fraction of sp³-hybridized carbons (Fsp3) is 0.333. The Morgan fingerprint density at radius 1 is 1.34 bits per heavy atom. The van der Waals surface area contributed by atoms with E-state index < -0.39 is 11.9 Å². The zero-order valence-electron chi connectivity index (χ0n) is 19.6. The van der Waals surface area contributed by atoms with E-state index in [1.165, 1.54) is 27.5 Å². The van der Waals surface area contributed by atoms with Crippen LogP contribution in [0.15, 0.2) is 53.0 Å². The average Bonchev–Trinajstić information content (AvgIpc) is 3.33. The molecule has 1 aromatic carbocycles. The number of fused-ring (bicyclic) bond motifs is 1. The highest BCUT2D eigenvalue weighted by Crippen LogP contribution is 2.23. The minimum Gasteiger partial charge on any atom is -0.343 e. The molecule has 0 radical (unpaired) electrons. The summed E-state index contributed by atoms with van der Waals surface area (Å²) < 4.78 is 0.988. The summed E-state index contributed by atoms with van der Waals surface area (Å²) in [6.07, 6.45) is 5.99. The Kier molecular flexibility index (Phi) is 11.6. The van der Waals surface area contributed by atoms with Crippen LogP contribution in [0.5, 0.6) is 0 Å². The second kappa shape index (κ2) is 14.7. The zero-order valence-corrected chi connectivity index (χ0v) is 20.4. The maximum atomic E-state index is 13.7. The summed E-state index contributed by atoms with van der Waals surface area (Å²) in [5, 5.41) is 4.01. The number of nitrogens with one attached hydrogen (secondary N) is 1. The maximum Gasteiger partial charge on any atom is 0.245 e. The molecule has 35 heavy (non-hydrogen) atoms. The van der Waals surface area contributed by atoms with Crippen molar-refractivity contribution in [1.82, 2.24) is 20.2 Å². The second-order valence-electron chi connectivity index (χ2n) is 7.62. The molecule has 0 fully saturated rings. The number of benzene rings is 1. The van der Waals surface area contributed by atoms with Crippen molar-refractivity contribution < 1.29 is 19.2 Å². The fourth-order valence-electron chi connectivity index (χ4n) is 3.44. The number of carbonyl (C=O) groups is 4. The van der Waals surface area contributed by atoms with Gasteiger partial charge in [0.2, 0.25) is 18.2 Å². The molecule has 0 spiro atoms. The third kappa shape index (κ3) is 8.63. The van der Waals surface area contributed by atoms with E-state index in [1.807, 2.05) is 18.2 Å². The van der Waals surface area contributed by atoms with Gasteiger partial charge in [0.15, 0.2) is 0 Å². The normalized spacial score (nSPS) is 12.6. The molecule has 1 heterocycles. The maximum absolute atomic E-state index is 13.7. The number of hydrogen-bond acceptors (Lipinski definition) is 8. The van der Waals surface area contributed by atoms with Gasteiger partial charge in [-0.15, -0.1) is 17.9 Å². The second-order valence-corrected chi connectivity index (χ2v) is 8.51. The Balaban J connectivity index is 2.33. The number of amides is 3. The highest BCUT2D eigenvalue weighted by Gasteiger charge is 2.27. The molecule has 0 unspecified atom stereocenters. The standard InChI is InChI=1S/C24H30N6O4S/c1-3-9-30(25)15-22(33)28-20(12-18(4-2)13-26-16-32)24(34)29(10-6-11-31)14-19-7-5-8-21-23(19)27-17-35-21/h3-5,7-8,11,13,16-17,20H,1,6,9-10,12,14-15,25H2,2H3,(H,28,33)/b18-4-,26-13?/t20-/m0/s1. The number of rotatable bonds is 15. The number of para-hydroxylation sites is 1. The molecule has 186 valence electrons. The topological polar surface area (TPSA) is 138 Å². The first kappa shape index (κ1) is 27.7. The van der Waals surface area contributed by atoms with E-state index >= 15 is 0 Å². The summed E-state index contributed by atoms with van der Waals surface area (Å²) in [6, 6.07) is 4.75. The molecule has 0 saturated heterocycles. The van der Waals surface area contributed by atoms with Gasteiger partial charge in [-0.3, -0.25) is 20.2 Å². The fourth-order valence-corrected chi connectivity index (χ4v) is 4.16. The minimum absolute atomic E-state index is 0.100. The van der Waals surface area contributed by atoms with E-state index in [-0.39, 0.29) is 38.4 Å². The Morgan fingerprint density at radius 2 is 2.14 bits per heavy atom. The Morgan fingerprint density at radius 3 is 2.83 bits per heavy atom. The number of aldehydes is 1. The molecule has 1 aromatic heterocycles. The van der Waals surface area contributed by atoms with Gasteiger partial charge < -0.3 is 15.0 Å². The summed E-state index contributed by atoms with van der Waals surface area (Å²) in [4.78, 5) is 57.7. The van der Waals surface area contributed by atoms with Gasteiger partial charge in [-0.05, 0) is 24.1 Å². The van der Waals surface area contributed by atoms with E-state index in [0.29, 0.717) is 18.5 Å². The molecule has 0 aliphatic rings. The Bertz CT molecular complexity index is 1100. The monoisotopic (exact) mass is 498 g/mol. The van der Waals surface area contributed by atoms with Crippen LogP contribution in [0.25, 0.3) is 10.2 Å². The number of allylic oxidation sites excluding steroid dienone is 1. The number of hydrazine groups is 1. The molecule has 3 amide bonds. The van der Waals surface area contributed by atoms with E-state index in [9.17, 15) is 19.2 Å². The van der Waals surface area contributed by atoms with Crippen LogP contribution in [0, 0.1) is 0 Å². The first-order chi connectivity index (χ1) is 16.9. The lowest BCUT2D eigenvalue weighted by atomic mass is 10.0. The lowest BCUT2D eigenvalue weighted by Crippen LogP contribution is -2.51. The number of carbonyl (C=O) groups excluding carboxylic acids is 4. The average molecular weight is 499 g/mol. The van der Waals surface area contributed by atoms with Gasteiger partial charge in [-0.1, -0.05) is 24.3 Å². The van der Waals surface area contributed by atoms with Crippen LogP contribution in [0.2, 0.25) is 0 Å². The van der Waals surface area contributed by atoms with Crippen molar-refractivity contribution in [3.05, 3.63) is 53.6 Å². The number of aliphatic imine (C=N–C) groups is 1. The number of nitrogens with zero attached hydrogens (tertiary/aromatic N) is 4. The van der Waals surface area contributed by atoms with Crippen molar-refractivity contribution in [3.8, 4) is 0 Å². The highest BCUT2D eigenvalue weighted by molar-refractivity contribution is 7.16. The van der Waals surface area contributed by atoms with Gasteiger partial charge in [0, 0.05) is 38.7 Å². The Labute approximate surface area is 208 Å². The molecule has 1 atom stereocenters. The van der Waals surface area contributed by atoms with Gasteiger partial charge in [0.25, 0.3) is 0 Å². The van der Waals surface area contributed by atoms with Gasteiger partial charge >= 0.3 is 0 Å². The van der Waals surface area contributed by atoms with Crippen LogP contribution in [0.1, 0.15) is 25.3 Å². The summed E-state index contributed by atoms with van der Waals surface area (Å²) in [7, 11) is 0. The molecule has 0 bridgehead atoms. The predicted molar refractivity (Wildman–Crippen MR) is 137 cm³/mol.